The average molecular weight is 459 g/mol. The number of nitrogens with one attached hydrogen (secondary N) is 1. The number of ether oxygens (including phenoxy) is 2. The molecule has 176 valence electrons. The van der Waals surface area contributed by atoms with Crippen LogP contribution in [0, 0.1) is 11.3 Å². The highest BCUT2D eigenvalue weighted by atomic mass is 16.6. The van der Waals surface area contributed by atoms with E-state index in [1.807, 2.05) is 42.5 Å². The maximum atomic E-state index is 9.86. The number of hydrogen-bond acceptors (Lipinski definition) is 7. The summed E-state index contributed by atoms with van der Waals surface area (Å²) < 4.78 is 16.7. The van der Waals surface area contributed by atoms with Gasteiger partial charge < -0.3 is 24.2 Å². The van der Waals surface area contributed by atoms with Gasteiger partial charge in [0.15, 0.2) is 17.3 Å². The molecule has 0 atom stereocenters. The Hall–Kier alpha value is -3.34. The van der Waals surface area contributed by atoms with Crippen molar-refractivity contribution in [3.05, 3.63) is 65.9 Å². The maximum absolute atomic E-state index is 9.86. The van der Waals surface area contributed by atoms with Crippen molar-refractivity contribution in [1.82, 2.24) is 15.4 Å². The number of benzene rings is 2. The molecular formula is C27H30N4O3. The normalized spacial score (nSPS) is 17.3. The van der Waals surface area contributed by atoms with Crippen LogP contribution in [0.15, 0.2) is 59.1 Å². The quantitative estimate of drug-likeness (QED) is 0.508. The molecule has 1 fully saturated rings. The fourth-order valence-corrected chi connectivity index (χ4v) is 4.75. The monoisotopic (exact) mass is 458 g/mol. The molecule has 0 aliphatic carbocycles. The first-order valence-electron chi connectivity index (χ1n) is 12.0. The van der Waals surface area contributed by atoms with Gasteiger partial charge in [0, 0.05) is 11.6 Å². The topological polar surface area (TPSA) is 83.6 Å². The van der Waals surface area contributed by atoms with Crippen LogP contribution in [0.5, 0.6) is 11.5 Å². The van der Waals surface area contributed by atoms with Crippen molar-refractivity contribution in [3.63, 3.8) is 0 Å². The van der Waals surface area contributed by atoms with E-state index in [4.69, 9.17) is 14.0 Å². The van der Waals surface area contributed by atoms with Gasteiger partial charge in [-0.2, -0.15) is 5.26 Å². The highest BCUT2D eigenvalue weighted by molar-refractivity contribution is 5.64. The first kappa shape index (κ1) is 22.5. The van der Waals surface area contributed by atoms with E-state index in [0.717, 1.165) is 79.5 Å². The summed E-state index contributed by atoms with van der Waals surface area (Å²) in [4.78, 5) is 2.47. The summed E-state index contributed by atoms with van der Waals surface area (Å²) in [6.45, 7) is 5.64. The van der Waals surface area contributed by atoms with E-state index in [0.29, 0.717) is 19.8 Å². The van der Waals surface area contributed by atoms with Crippen LogP contribution >= 0.6 is 0 Å². The Labute approximate surface area is 200 Å². The van der Waals surface area contributed by atoms with Crippen LogP contribution in [-0.2, 0) is 12.0 Å². The number of nitrogens with zero attached hydrogens (tertiary/aromatic N) is 3. The summed E-state index contributed by atoms with van der Waals surface area (Å²) in [5, 5.41) is 17.5. The van der Waals surface area contributed by atoms with Crippen molar-refractivity contribution < 1.29 is 14.0 Å². The second kappa shape index (κ2) is 10.3. The fraction of sp³-hybridized carbons (Fsp3) is 0.407. The van der Waals surface area contributed by atoms with Crippen molar-refractivity contribution >= 4 is 0 Å². The molecule has 0 amide bonds. The number of nitriles is 1. The molecule has 2 aliphatic heterocycles. The van der Waals surface area contributed by atoms with Crippen LogP contribution < -0.4 is 14.8 Å². The number of hydrogen-bond donors (Lipinski definition) is 1. The SMILES string of the molecule is N#CC1(c2ccccc2)CCN(CCCNCc2cc(-c3ccc4c(c3)OCCO4)no2)CC1. The summed E-state index contributed by atoms with van der Waals surface area (Å²) in [5.41, 5.74) is 2.56. The summed E-state index contributed by atoms with van der Waals surface area (Å²) in [5.74, 6) is 2.33. The van der Waals surface area contributed by atoms with E-state index >= 15 is 0 Å². The molecule has 2 aromatic carbocycles. The number of rotatable bonds is 8. The zero-order chi connectivity index (χ0) is 23.2. The predicted octanol–water partition coefficient (Wildman–Crippen LogP) is 4.15. The summed E-state index contributed by atoms with van der Waals surface area (Å²) in [6.07, 6.45) is 2.83. The molecule has 5 rings (SSSR count). The molecule has 2 aliphatic rings. The Morgan fingerprint density at radius 1 is 1.00 bits per heavy atom. The van der Waals surface area contributed by atoms with Gasteiger partial charge in [-0.15, -0.1) is 0 Å². The third-order valence-electron chi connectivity index (χ3n) is 6.77. The lowest BCUT2D eigenvalue weighted by atomic mass is 9.74. The molecule has 0 unspecified atom stereocenters. The minimum atomic E-state index is -0.336. The number of aromatic nitrogens is 1. The number of fused-ring (bicyclic) bond motifs is 1. The van der Waals surface area contributed by atoms with Crippen LogP contribution in [0.25, 0.3) is 11.3 Å². The van der Waals surface area contributed by atoms with Gasteiger partial charge in [0.1, 0.15) is 18.9 Å². The zero-order valence-electron chi connectivity index (χ0n) is 19.3. The molecule has 1 N–H and O–H groups in total. The first-order valence-corrected chi connectivity index (χ1v) is 12.0. The largest absolute Gasteiger partial charge is 0.486 e. The standard InChI is InChI=1S/C27H30N4O3/c28-20-27(22-5-2-1-3-6-22)9-13-31(14-10-27)12-4-11-29-19-23-18-24(30-34-23)21-7-8-25-26(17-21)33-16-15-32-25/h1-3,5-8,17-18,29H,4,9-16,19H2. The fourth-order valence-electron chi connectivity index (χ4n) is 4.75. The molecule has 1 aromatic heterocycles. The third kappa shape index (κ3) is 4.93. The van der Waals surface area contributed by atoms with Crippen molar-refractivity contribution in [2.45, 2.75) is 31.2 Å². The minimum Gasteiger partial charge on any atom is -0.486 e. The molecule has 0 saturated carbocycles. The molecule has 7 nitrogen and oxygen atoms in total. The molecule has 0 radical (unpaired) electrons. The highest BCUT2D eigenvalue weighted by Gasteiger charge is 2.36. The lowest BCUT2D eigenvalue weighted by Crippen LogP contribution is -2.42. The molecule has 3 heterocycles. The predicted molar refractivity (Wildman–Crippen MR) is 129 cm³/mol. The smallest absolute Gasteiger partial charge is 0.162 e. The highest BCUT2D eigenvalue weighted by Crippen LogP contribution is 2.35. The van der Waals surface area contributed by atoms with Crippen molar-refractivity contribution in [1.29, 1.82) is 5.26 Å². The second-order valence-corrected chi connectivity index (χ2v) is 8.97. The molecular weight excluding hydrogens is 428 g/mol. The van der Waals surface area contributed by atoms with E-state index in [2.05, 4.69) is 33.6 Å². The van der Waals surface area contributed by atoms with Gasteiger partial charge in [-0.05, 0) is 69.2 Å². The lowest BCUT2D eigenvalue weighted by molar-refractivity contribution is 0.171. The van der Waals surface area contributed by atoms with Gasteiger partial charge in [-0.3, -0.25) is 0 Å². The van der Waals surface area contributed by atoms with E-state index < -0.39 is 0 Å². The van der Waals surface area contributed by atoms with E-state index in [1.165, 1.54) is 0 Å². The van der Waals surface area contributed by atoms with E-state index in [-0.39, 0.29) is 5.41 Å². The Morgan fingerprint density at radius 3 is 2.59 bits per heavy atom. The van der Waals surface area contributed by atoms with Crippen molar-refractivity contribution in [2.75, 3.05) is 39.4 Å². The van der Waals surface area contributed by atoms with Gasteiger partial charge in [-0.1, -0.05) is 35.5 Å². The van der Waals surface area contributed by atoms with Crippen LogP contribution in [0.4, 0.5) is 0 Å². The molecule has 1 saturated heterocycles. The van der Waals surface area contributed by atoms with Gasteiger partial charge in [-0.25, -0.2) is 0 Å². The van der Waals surface area contributed by atoms with Crippen LogP contribution in [0.3, 0.4) is 0 Å². The minimum absolute atomic E-state index is 0.336. The first-order chi connectivity index (χ1) is 16.8. The lowest BCUT2D eigenvalue weighted by Gasteiger charge is -2.37. The molecule has 0 bridgehead atoms. The van der Waals surface area contributed by atoms with Gasteiger partial charge >= 0.3 is 0 Å². The van der Waals surface area contributed by atoms with Crippen LogP contribution in [-0.4, -0.2) is 49.4 Å². The summed E-state index contributed by atoms with van der Waals surface area (Å²) in [6, 6.07) is 20.6. The third-order valence-corrected chi connectivity index (χ3v) is 6.77. The Balaban J connectivity index is 1.04. The number of piperidine rings is 1. The van der Waals surface area contributed by atoms with E-state index in [1.54, 1.807) is 0 Å². The van der Waals surface area contributed by atoms with Crippen LogP contribution in [0.2, 0.25) is 0 Å². The Kier molecular flexibility index (Phi) is 6.79. The summed E-state index contributed by atoms with van der Waals surface area (Å²) in [7, 11) is 0. The average Bonchev–Trinajstić information content (AvgIpc) is 3.38. The Morgan fingerprint density at radius 2 is 1.79 bits per heavy atom. The Bertz CT molecular complexity index is 1130. The molecule has 3 aromatic rings. The van der Waals surface area contributed by atoms with E-state index in [9.17, 15) is 5.26 Å². The van der Waals surface area contributed by atoms with Crippen molar-refractivity contribution in [3.8, 4) is 28.8 Å². The van der Waals surface area contributed by atoms with Crippen molar-refractivity contribution in [2.24, 2.45) is 0 Å². The molecule has 0 spiro atoms. The van der Waals surface area contributed by atoms with Gasteiger partial charge in [0.2, 0.25) is 0 Å². The van der Waals surface area contributed by atoms with Crippen LogP contribution in [0.1, 0.15) is 30.6 Å². The second-order valence-electron chi connectivity index (χ2n) is 8.97. The maximum Gasteiger partial charge on any atom is 0.162 e. The molecule has 7 heteroatoms. The molecule has 34 heavy (non-hydrogen) atoms. The zero-order valence-corrected chi connectivity index (χ0v) is 19.3. The number of likely N-dealkylation sites (tertiary alicyclic amines) is 1. The summed E-state index contributed by atoms with van der Waals surface area (Å²) >= 11 is 0. The van der Waals surface area contributed by atoms with Gasteiger partial charge in [0.25, 0.3) is 0 Å². The van der Waals surface area contributed by atoms with Gasteiger partial charge in [0.05, 0.1) is 18.0 Å².